The van der Waals surface area contributed by atoms with Gasteiger partial charge in [-0.25, -0.2) is 0 Å². The van der Waals surface area contributed by atoms with Crippen molar-refractivity contribution >= 4 is 11.8 Å². The summed E-state index contributed by atoms with van der Waals surface area (Å²) in [6.07, 6.45) is 0.958. The summed E-state index contributed by atoms with van der Waals surface area (Å²) in [6.45, 7) is 9.25. The molecule has 0 unspecified atom stereocenters. The van der Waals surface area contributed by atoms with Gasteiger partial charge in [-0.05, 0) is 26.2 Å². The first-order valence-electron chi connectivity index (χ1n) is 4.46. The van der Waals surface area contributed by atoms with Crippen LogP contribution in [0.2, 0.25) is 0 Å². The third kappa shape index (κ3) is 35.2. The average Bonchev–Trinajstić information content (AvgIpc) is 1.83. The molecule has 0 aromatic carbocycles. The Balaban J connectivity index is 0. The van der Waals surface area contributed by atoms with Gasteiger partial charge >= 0.3 is 5.97 Å². The minimum Gasteiger partial charge on any atom is -0.466 e. The zero-order chi connectivity index (χ0) is 10.9. The van der Waals surface area contributed by atoms with Crippen LogP contribution in [0.3, 0.4) is 0 Å². The molecule has 0 radical (unpaired) electrons. The molecule has 0 rings (SSSR count). The van der Waals surface area contributed by atoms with Crippen LogP contribution < -0.4 is 0 Å². The summed E-state index contributed by atoms with van der Waals surface area (Å²) in [5, 5.41) is 0. The van der Waals surface area contributed by atoms with Gasteiger partial charge in [0, 0.05) is 6.92 Å². The lowest BCUT2D eigenvalue weighted by atomic mass is 10.1. The van der Waals surface area contributed by atoms with Crippen LogP contribution in [-0.2, 0) is 14.3 Å². The van der Waals surface area contributed by atoms with Crippen molar-refractivity contribution in [3.8, 4) is 0 Å². The molecule has 13 heavy (non-hydrogen) atoms. The Morgan fingerprint density at radius 3 is 1.77 bits per heavy atom. The number of hydrogen-bond donors (Lipinski definition) is 0. The molecule has 0 atom stereocenters. The maximum atomic E-state index is 10.2. The average molecular weight is 188 g/mol. The maximum Gasteiger partial charge on any atom is 0.302 e. The highest BCUT2D eigenvalue weighted by Gasteiger charge is 1.94. The summed E-state index contributed by atoms with van der Waals surface area (Å²) < 4.78 is 4.71. The van der Waals surface area contributed by atoms with Gasteiger partial charge in [0.1, 0.15) is 5.78 Å². The molecule has 0 saturated heterocycles. The summed E-state index contributed by atoms with van der Waals surface area (Å²) in [4.78, 5) is 19.6. The van der Waals surface area contributed by atoms with Gasteiger partial charge < -0.3 is 9.53 Å². The lowest BCUT2D eigenvalue weighted by molar-refractivity contribution is -0.141. The molecule has 0 aliphatic rings. The fourth-order valence-corrected chi connectivity index (χ4v) is 0.438. The molecule has 0 saturated carbocycles. The standard InChI is InChI=1S/C7H14O2.C3H6O/c1-6(2)4-5-9-7(3)8;1-3(2)4/h6H,4-5H2,1-3H3;1-2H3. The van der Waals surface area contributed by atoms with Gasteiger partial charge in [0.25, 0.3) is 0 Å². The molecule has 0 spiro atoms. The van der Waals surface area contributed by atoms with Crippen LogP contribution >= 0.6 is 0 Å². The third-order valence-corrected chi connectivity index (χ3v) is 1.00. The Morgan fingerprint density at radius 2 is 1.54 bits per heavy atom. The van der Waals surface area contributed by atoms with E-state index in [1.165, 1.54) is 20.8 Å². The van der Waals surface area contributed by atoms with Gasteiger partial charge in [-0.3, -0.25) is 4.79 Å². The Kier molecular flexibility index (Phi) is 10.4. The van der Waals surface area contributed by atoms with Crippen LogP contribution in [0.15, 0.2) is 0 Å². The van der Waals surface area contributed by atoms with Crippen molar-refractivity contribution in [3.05, 3.63) is 0 Å². The second kappa shape index (κ2) is 9.23. The van der Waals surface area contributed by atoms with E-state index >= 15 is 0 Å². The van der Waals surface area contributed by atoms with E-state index in [4.69, 9.17) is 4.74 Å². The highest BCUT2D eigenvalue weighted by Crippen LogP contribution is 1.98. The molecule has 3 heteroatoms. The largest absolute Gasteiger partial charge is 0.466 e. The zero-order valence-electron chi connectivity index (χ0n) is 9.22. The minimum atomic E-state index is -0.185. The second-order valence-corrected chi connectivity index (χ2v) is 3.43. The Hall–Kier alpha value is -0.860. The molecular weight excluding hydrogens is 168 g/mol. The van der Waals surface area contributed by atoms with E-state index in [9.17, 15) is 9.59 Å². The first kappa shape index (κ1) is 14.7. The van der Waals surface area contributed by atoms with Crippen LogP contribution in [0.5, 0.6) is 0 Å². The smallest absolute Gasteiger partial charge is 0.302 e. The van der Waals surface area contributed by atoms with Crippen molar-refractivity contribution in [2.45, 2.75) is 41.0 Å². The van der Waals surface area contributed by atoms with E-state index in [-0.39, 0.29) is 11.8 Å². The van der Waals surface area contributed by atoms with Gasteiger partial charge in [0.2, 0.25) is 0 Å². The van der Waals surface area contributed by atoms with Crippen molar-refractivity contribution < 1.29 is 14.3 Å². The fraction of sp³-hybridized carbons (Fsp3) is 0.800. The number of esters is 1. The van der Waals surface area contributed by atoms with E-state index in [2.05, 4.69) is 13.8 Å². The monoisotopic (exact) mass is 188 g/mol. The van der Waals surface area contributed by atoms with E-state index < -0.39 is 0 Å². The van der Waals surface area contributed by atoms with Crippen molar-refractivity contribution in [2.24, 2.45) is 5.92 Å². The molecule has 3 nitrogen and oxygen atoms in total. The summed E-state index contributed by atoms with van der Waals surface area (Å²) in [5.74, 6) is 0.597. The molecule has 0 N–H and O–H groups in total. The number of ketones is 1. The Labute approximate surface area is 80.5 Å². The van der Waals surface area contributed by atoms with Crippen LogP contribution in [0.1, 0.15) is 41.0 Å². The topological polar surface area (TPSA) is 43.4 Å². The van der Waals surface area contributed by atoms with Crippen LogP contribution in [0.4, 0.5) is 0 Å². The first-order chi connectivity index (χ1) is 5.86. The molecule has 0 aromatic rings. The van der Waals surface area contributed by atoms with Gasteiger partial charge in [-0.2, -0.15) is 0 Å². The Bertz CT molecular complexity index is 146. The SMILES string of the molecule is CC(=O)OCCC(C)C.CC(C)=O. The van der Waals surface area contributed by atoms with Gasteiger partial charge in [-0.15, -0.1) is 0 Å². The van der Waals surface area contributed by atoms with E-state index in [1.807, 2.05) is 0 Å². The van der Waals surface area contributed by atoms with Crippen LogP contribution in [0.25, 0.3) is 0 Å². The number of ether oxygens (including phenoxy) is 1. The summed E-state index contributed by atoms with van der Waals surface area (Å²) in [6, 6.07) is 0. The molecule has 0 aliphatic carbocycles. The number of carbonyl (C=O) groups excluding carboxylic acids is 2. The zero-order valence-corrected chi connectivity index (χ0v) is 9.22. The number of rotatable bonds is 3. The molecule has 0 aliphatic heterocycles. The molecule has 0 fully saturated rings. The number of carbonyl (C=O) groups is 2. The maximum absolute atomic E-state index is 10.2. The lowest BCUT2D eigenvalue weighted by Gasteiger charge is -2.02. The third-order valence-electron chi connectivity index (χ3n) is 1.00. The van der Waals surface area contributed by atoms with Gasteiger partial charge in [-0.1, -0.05) is 13.8 Å². The highest BCUT2D eigenvalue weighted by atomic mass is 16.5. The summed E-state index contributed by atoms with van der Waals surface area (Å²) in [7, 11) is 0. The molecule has 0 heterocycles. The molecule has 78 valence electrons. The number of hydrogen-bond acceptors (Lipinski definition) is 3. The predicted octanol–water partition coefficient (Wildman–Crippen LogP) is 2.19. The van der Waals surface area contributed by atoms with Crippen molar-refractivity contribution in [2.75, 3.05) is 6.61 Å². The van der Waals surface area contributed by atoms with E-state index in [1.54, 1.807) is 0 Å². The molecular formula is C10H20O3. The predicted molar refractivity (Wildman–Crippen MR) is 52.4 cm³/mol. The first-order valence-corrected chi connectivity index (χ1v) is 4.46. The van der Waals surface area contributed by atoms with Gasteiger partial charge in [0.15, 0.2) is 0 Å². The van der Waals surface area contributed by atoms with E-state index in [0.717, 1.165) is 6.42 Å². The summed E-state index contributed by atoms with van der Waals surface area (Å²) in [5.41, 5.74) is 0. The second-order valence-electron chi connectivity index (χ2n) is 3.43. The van der Waals surface area contributed by atoms with E-state index in [0.29, 0.717) is 12.5 Å². The van der Waals surface area contributed by atoms with Crippen molar-refractivity contribution in [3.63, 3.8) is 0 Å². The minimum absolute atomic E-state index is 0.167. The summed E-state index contributed by atoms with van der Waals surface area (Å²) >= 11 is 0. The quantitative estimate of drug-likeness (QED) is 0.638. The Morgan fingerprint density at radius 1 is 1.15 bits per heavy atom. The molecule has 0 bridgehead atoms. The molecule has 0 aromatic heterocycles. The molecule has 0 amide bonds. The van der Waals surface area contributed by atoms with Crippen LogP contribution in [0, 0.1) is 5.92 Å². The fourth-order valence-electron chi connectivity index (χ4n) is 0.438. The number of Topliss-reactive ketones (excluding diaryl/α,β-unsaturated/α-hetero) is 1. The van der Waals surface area contributed by atoms with Crippen molar-refractivity contribution in [1.82, 2.24) is 0 Å². The normalized spacial score (nSPS) is 8.77. The highest BCUT2D eigenvalue weighted by molar-refractivity contribution is 5.72. The lowest BCUT2D eigenvalue weighted by Crippen LogP contribution is -2.02. The van der Waals surface area contributed by atoms with Crippen molar-refractivity contribution in [1.29, 1.82) is 0 Å². The van der Waals surface area contributed by atoms with Crippen LogP contribution in [-0.4, -0.2) is 18.4 Å². The van der Waals surface area contributed by atoms with Gasteiger partial charge in [0.05, 0.1) is 6.61 Å².